The molecule has 0 unspecified atom stereocenters. The number of hydrogen-bond donors (Lipinski definition) is 10. The third-order valence-electron chi connectivity index (χ3n) is 21.2. The number of fused-ring (bicyclic) bond motifs is 18. The number of nitrogens with one attached hydrogen (secondary N) is 9. The first-order chi connectivity index (χ1) is 61.4. The molecule has 618 valence electrons. The van der Waals surface area contributed by atoms with E-state index in [9.17, 15) is 5.11 Å². The van der Waals surface area contributed by atoms with E-state index < -0.39 is 0 Å². The summed E-state index contributed by atoms with van der Waals surface area (Å²) >= 11 is 0. The summed E-state index contributed by atoms with van der Waals surface area (Å²) in [6.07, 6.45) is 26.3. The van der Waals surface area contributed by atoms with Gasteiger partial charge in [-0.25, -0.2) is 59.8 Å². The fourth-order valence-electron chi connectivity index (χ4n) is 15.0. The summed E-state index contributed by atoms with van der Waals surface area (Å²) in [7, 11) is 0. The van der Waals surface area contributed by atoms with Crippen LogP contribution in [-0.4, -0.2) is 189 Å². The van der Waals surface area contributed by atoms with Gasteiger partial charge in [0.15, 0.2) is 0 Å². The number of rotatable bonds is 17. The molecule has 34 nitrogen and oxygen atoms in total. The first-order valence-electron chi connectivity index (χ1n) is 40.5. The average molecular weight is 1660 g/mol. The molecule has 0 bridgehead atoms. The molecule has 0 spiro atoms. The van der Waals surface area contributed by atoms with Crippen molar-refractivity contribution in [2.24, 2.45) is 0 Å². The number of pyridine rings is 13. The van der Waals surface area contributed by atoms with Crippen molar-refractivity contribution in [3.63, 3.8) is 0 Å². The van der Waals surface area contributed by atoms with Crippen molar-refractivity contribution in [3.05, 3.63) is 206 Å². The summed E-state index contributed by atoms with van der Waals surface area (Å²) in [6, 6.07) is 40.2. The average Bonchev–Trinajstić information content (AvgIpc) is 1.65. The van der Waals surface area contributed by atoms with E-state index in [1.807, 2.05) is 54.6 Å². The standard InChI is InChI=1S/C17H19N5O.2C16H15N5O.C16H9N5.C15H15N5O.C11H6N4O/c1-3-22(4-2)7-8-23-15-5-6-19-17-16(15)13-9-12(10-18)20-11-14(13)21-17;17-8-10-7-12-13(9-20-10)21-16-15(12)14(3-6-19-16)22-11-1-4-18-5-2-11;17-7-11-6-12-13(8-20-11)21-16-15(12)14(3-5-19-16)22-9-10-2-1-4-18-10;17-7-11-6-12-13-5-10(14-3-1-2-4-18-14)8-20-16(13)21-15(12)9-19-11;1-2-17-5-6-21-13-3-4-18-15-14(13)11-7-10(8-16)19-9-12(11)20-15;12-3-6-1-8-9-2-7(16)4-14-11(9)15-10(8)5-13-6/h5-6,9,11H,3-4,7-8H2,1-2H3,(H,19,21);3,6-7,9,11,18H,1-2,4-5H2,(H,19,21);3,5-6,8,10,18H,1-2,4,9H2,(H,19,21);1-6,8-9H,(H,20,21);3-4,7,9,17H,2,5-6H2,1H3,(H,18,20);1-2,4-5,16H,(H,14,15)/t;;10-;;;/m..1.../s1. The monoisotopic (exact) mass is 1660 g/mol. The highest BCUT2D eigenvalue weighted by atomic mass is 16.5. The molecule has 21 rings (SSSR count). The van der Waals surface area contributed by atoms with Gasteiger partial charge in [0.05, 0.1) is 104 Å². The molecular weight excluding hydrogens is 1580 g/mol. The fourth-order valence-corrected chi connectivity index (χ4v) is 15.0. The maximum absolute atomic E-state index is 9.38. The summed E-state index contributed by atoms with van der Waals surface area (Å²) in [5.41, 5.74) is 13.6. The molecule has 2 aliphatic rings. The molecule has 19 aromatic heterocycles. The van der Waals surface area contributed by atoms with Crippen LogP contribution in [0.4, 0.5) is 0 Å². The predicted molar refractivity (Wildman–Crippen MR) is 472 cm³/mol. The van der Waals surface area contributed by atoms with Crippen LogP contribution < -0.4 is 34.9 Å². The van der Waals surface area contributed by atoms with Gasteiger partial charge in [0.1, 0.15) is 159 Å². The molecule has 2 fully saturated rings. The second-order valence-electron chi connectivity index (χ2n) is 28.9. The largest absolute Gasteiger partial charge is 0.506 e. The lowest BCUT2D eigenvalue weighted by atomic mass is 10.1. The van der Waals surface area contributed by atoms with E-state index in [2.05, 4.69) is 167 Å². The Hall–Kier alpha value is -16.5. The molecule has 0 radical (unpaired) electrons. The Kier molecular flexibility index (Phi) is 25.2. The number of aromatic nitrogens is 19. The van der Waals surface area contributed by atoms with Crippen LogP contribution in [0.3, 0.4) is 0 Å². The Morgan fingerprint density at radius 2 is 0.824 bits per heavy atom. The van der Waals surface area contributed by atoms with Crippen molar-refractivity contribution in [3.8, 4) is 76.4 Å². The van der Waals surface area contributed by atoms with Crippen LogP contribution >= 0.6 is 0 Å². The zero-order chi connectivity index (χ0) is 86.1. The second kappa shape index (κ2) is 38.3. The number of ether oxygens (including phenoxy) is 4. The van der Waals surface area contributed by atoms with Crippen molar-refractivity contribution in [2.45, 2.75) is 58.6 Å². The van der Waals surface area contributed by atoms with E-state index >= 15 is 0 Å². The van der Waals surface area contributed by atoms with Gasteiger partial charge >= 0.3 is 0 Å². The summed E-state index contributed by atoms with van der Waals surface area (Å²) in [4.78, 5) is 76.0. The third-order valence-corrected chi connectivity index (χ3v) is 21.2. The number of likely N-dealkylation sites (N-methyl/N-ethyl adjacent to an activating group) is 2. The number of hydrogen-bond acceptors (Lipinski definition) is 28. The van der Waals surface area contributed by atoms with E-state index in [0.717, 1.165) is 232 Å². The molecule has 0 saturated carbocycles. The van der Waals surface area contributed by atoms with Crippen molar-refractivity contribution in [1.82, 2.24) is 116 Å². The molecular formula is C91H79N29O5. The summed E-state index contributed by atoms with van der Waals surface area (Å²) in [5, 5.41) is 84.1. The smallest absolute Gasteiger partial charge is 0.142 e. The second-order valence-corrected chi connectivity index (χ2v) is 28.9. The Morgan fingerprint density at radius 1 is 0.408 bits per heavy atom. The molecule has 0 aliphatic carbocycles. The van der Waals surface area contributed by atoms with Crippen LogP contribution in [0.15, 0.2) is 172 Å². The van der Waals surface area contributed by atoms with E-state index in [-0.39, 0.29) is 11.9 Å². The van der Waals surface area contributed by atoms with E-state index in [0.29, 0.717) is 65.7 Å². The van der Waals surface area contributed by atoms with Gasteiger partial charge in [0, 0.05) is 105 Å². The number of aromatic amines is 6. The van der Waals surface area contributed by atoms with E-state index in [4.69, 9.17) is 50.5 Å². The van der Waals surface area contributed by atoms with Gasteiger partial charge in [0.2, 0.25) is 0 Å². The number of H-pyrrole nitrogens is 6. The van der Waals surface area contributed by atoms with Crippen LogP contribution in [0.1, 0.15) is 80.6 Å². The van der Waals surface area contributed by atoms with Gasteiger partial charge in [-0.15, -0.1) is 0 Å². The summed E-state index contributed by atoms with van der Waals surface area (Å²) in [5.74, 6) is 3.25. The normalized spacial score (nSPS) is 13.0. The van der Waals surface area contributed by atoms with Crippen molar-refractivity contribution < 1.29 is 24.1 Å². The molecule has 1 atom stereocenters. The van der Waals surface area contributed by atoms with Gasteiger partial charge in [-0.1, -0.05) is 26.8 Å². The van der Waals surface area contributed by atoms with Crippen LogP contribution in [0, 0.1) is 68.0 Å². The molecule has 125 heavy (non-hydrogen) atoms. The molecule has 34 heteroatoms. The lowest BCUT2D eigenvalue weighted by Gasteiger charge is -2.24. The Bertz CT molecular complexity index is 7430. The molecule has 19 aromatic rings. The number of nitriles is 6. The van der Waals surface area contributed by atoms with E-state index in [1.165, 1.54) is 12.6 Å². The van der Waals surface area contributed by atoms with Gasteiger partial charge in [-0.2, -0.15) is 31.6 Å². The third kappa shape index (κ3) is 18.3. The van der Waals surface area contributed by atoms with Crippen molar-refractivity contribution in [1.29, 1.82) is 31.6 Å². The molecule has 10 N–H and O–H groups in total. The van der Waals surface area contributed by atoms with Gasteiger partial charge < -0.3 is 74.8 Å². The summed E-state index contributed by atoms with van der Waals surface area (Å²) in [6.45, 7) is 15.8. The van der Waals surface area contributed by atoms with Gasteiger partial charge in [-0.3, -0.25) is 4.98 Å². The zero-order valence-electron chi connectivity index (χ0n) is 68.0. The quantitative estimate of drug-likeness (QED) is 0.0379. The van der Waals surface area contributed by atoms with Gasteiger partial charge in [0.25, 0.3) is 0 Å². The van der Waals surface area contributed by atoms with Crippen molar-refractivity contribution >= 4 is 132 Å². The minimum absolute atomic E-state index is 0.101. The predicted octanol–water partition coefficient (Wildman–Crippen LogP) is 13.6. The Labute approximate surface area is 712 Å². The molecule has 2 saturated heterocycles. The molecule has 0 amide bonds. The van der Waals surface area contributed by atoms with E-state index in [1.54, 1.807) is 117 Å². The lowest BCUT2D eigenvalue weighted by Crippen LogP contribution is -2.34. The minimum atomic E-state index is 0.101. The highest BCUT2D eigenvalue weighted by molar-refractivity contribution is 6.13. The topological polar surface area (TPSA) is 502 Å². The Balaban J connectivity index is 0.000000111. The number of piperidine rings is 1. The zero-order valence-corrected chi connectivity index (χ0v) is 68.0. The molecule has 0 aromatic carbocycles. The number of aromatic hydroxyl groups is 1. The first kappa shape index (κ1) is 82.2. The maximum atomic E-state index is 9.38. The maximum Gasteiger partial charge on any atom is 0.142 e. The van der Waals surface area contributed by atoms with Crippen LogP contribution in [0.2, 0.25) is 0 Å². The van der Waals surface area contributed by atoms with Crippen molar-refractivity contribution in [2.75, 3.05) is 72.2 Å². The van der Waals surface area contributed by atoms with Gasteiger partial charge in [-0.05, 0) is 150 Å². The minimum Gasteiger partial charge on any atom is -0.506 e. The number of nitrogens with zero attached hydrogens (tertiary/aromatic N) is 20. The first-order valence-corrected chi connectivity index (χ1v) is 40.5. The lowest BCUT2D eigenvalue weighted by molar-refractivity contribution is 0.164. The van der Waals surface area contributed by atoms with Crippen LogP contribution in [-0.2, 0) is 0 Å². The highest BCUT2D eigenvalue weighted by Gasteiger charge is 2.22. The van der Waals surface area contributed by atoms with Crippen LogP contribution in [0.25, 0.3) is 143 Å². The summed E-state index contributed by atoms with van der Waals surface area (Å²) < 4.78 is 24.0. The Morgan fingerprint density at radius 3 is 1.26 bits per heavy atom. The molecule has 2 aliphatic heterocycles. The SMILES string of the molecule is CCN(CC)CCOc1ccnc2[nH]c3cnc(C#N)cc3c12.CCNCCOc1ccnc2[nH]c3cnc(C#N)cc3c12.N#Cc1cc2c(cn1)[nH]c1ncc(-c3ccccn3)cc12.N#Cc1cc2c(cn1)[nH]c1ncc(O)cc12.N#Cc1cc2c(cn1)[nH]c1nccc(OC3CCNCC3)c12.N#Cc1cc2c(cn1)[nH]c1nccc(OC[C@H]3CCCN3)c12. The molecule has 21 heterocycles. The fraction of sp³-hybridized carbons (Fsp3) is 0.220. The highest BCUT2D eigenvalue weighted by Crippen LogP contribution is 2.38. The van der Waals surface area contributed by atoms with Crippen LogP contribution in [0.5, 0.6) is 28.7 Å².